The number of hydrogen-bond acceptors (Lipinski definition) is 5. The van der Waals surface area contributed by atoms with Gasteiger partial charge in [0.2, 0.25) is 5.91 Å². The number of amides is 1. The van der Waals surface area contributed by atoms with Crippen molar-refractivity contribution in [3.63, 3.8) is 0 Å². The SMILES string of the molecule is CN(CC(=O)NCCc1c[nH]c2ccccc12)c1ncnc2nc[nH]c12. The van der Waals surface area contributed by atoms with E-state index in [1.165, 1.54) is 17.3 Å². The molecule has 3 heterocycles. The molecular weight excluding hydrogens is 330 g/mol. The van der Waals surface area contributed by atoms with Crippen LogP contribution < -0.4 is 10.2 Å². The number of para-hydroxylation sites is 1. The van der Waals surface area contributed by atoms with Crippen LogP contribution in [0.2, 0.25) is 0 Å². The number of imidazole rings is 1. The maximum atomic E-state index is 12.3. The van der Waals surface area contributed by atoms with E-state index in [4.69, 9.17) is 0 Å². The normalized spacial score (nSPS) is 11.1. The average Bonchev–Trinajstić information content (AvgIpc) is 3.28. The van der Waals surface area contributed by atoms with E-state index in [-0.39, 0.29) is 12.5 Å². The van der Waals surface area contributed by atoms with Crippen molar-refractivity contribution in [2.75, 3.05) is 25.0 Å². The van der Waals surface area contributed by atoms with E-state index in [1.54, 1.807) is 11.2 Å². The summed E-state index contributed by atoms with van der Waals surface area (Å²) in [5.41, 5.74) is 3.62. The topological polar surface area (TPSA) is 103 Å². The number of H-pyrrole nitrogens is 2. The number of aromatic nitrogens is 5. The van der Waals surface area contributed by atoms with Crippen molar-refractivity contribution in [1.82, 2.24) is 30.2 Å². The highest BCUT2D eigenvalue weighted by Crippen LogP contribution is 2.18. The van der Waals surface area contributed by atoms with Crippen molar-refractivity contribution >= 4 is 33.8 Å². The fourth-order valence-electron chi connectivity index (χ4n) is 3.06. The molecule has 0 atom stereocenters. The van der Waals surface area contributed by atoms with Gasteiger partial charge < -0.3 is 20.2 Å². The lowest BCUT2D eigenvalue weighted by atomic mass is 10.1. The minimum absolute atomic E-state index is 0.0568. The van der Waals surface area contributed by atoms with Crippen LogP contribution in [0.5, 0.6) is 0 Å². The molecule has 1 aromatic carbocycles. The second kappa shape index (κ2) is 6.83. The molecule has 0 saturated carbocycles. The molecule has 0 saturated heterocycles. The van der Waals surface area contributed by atoms with E-state index in [0.29, 0.717) is 18.0 Å². The zero-order valence-electron chi connectivity index (χ0n) is 14.4. The molecule has 0 aliphatic heterocycles. The van der Waals surface area contributed by atoms with E-state index < -0.39 is 0 Å². The Kier molecular flexibility index (Phi) is 4.22. The van der Waals surface area contributed by atoms with Crippen LogP contribution in [0, 0.1) is 0 Å². The van der Waals surface area contributed by atoms with E-state index in [2.05, 4.69) is 36.3 Å². The number of fused-ring (bicyclic) bond motifs is 2. The number of carbonyl (C=O) groups is 1. The lowest BCUT2D eigenvalue weighted by Crippen LogP contribution is -2.36. The molecule has 4 aromatic rings. The van der Waals surface area contributed by atoms with Gasteiger partial charge in [-0.1, -0.05) is 18.2 Å². The van der Waals surface area contributed by atoms with Gasteiger partial charge in [-0.05, 0) is 18.1 Å². The third-order valence-electron chi connectivity index (χ3n) is 4.34. The predicted octanol–water partition coefficient (Wildman–Crippen LogP) is 1.63. The van der Waals surface area contributed by atoms with E-state index in [1.807, 2.05) is 31.4 Å². The molecule has 0 aliphatic rings. The maximum absolute atomic E-state index is 12.3. The molecule has 3 N–H and O–H groups in total. The summed E-state index contributed by atoms with van der Waals surface area (Å²) < 4.78 is 0. The highest BCUT2D eigenvalue weighted by atomic mass is 16.2. The maximum Gasteiger partial charge on any atom is 0.239 e. The summed E-state index contributed by atoms with van der Waals surface area (Å²) in [4.78, 5) is 32.7. The molecule has 0 fully saturated rings. The number of hydrogen-bond donors (Lipinski definition) is 3. The number of likely N-dealkylation sites (N-methyl/N-ethyl adjacent to an activating group) is 1. The number of benzene rings is 1. The minimum atomic E-state index is -0.0568. The lowest BCUT2D eigenvalue weighted by Gasteiger charge is -2.17. The average molecular weight is 349 g/mol. The second-order valence-electron chi connectivity index (χ2n) is 6.11. The molecule has 8 heteroatoms. The molecule has 0 bridgehead atoms. The zero-order chi connectivity index (χ0) is 17.9. The van der Waals surface area contributed by atoms with E-state index >= 15 is 0 Å². The van der Waals surface area contributed by atoms with Gasteiger partial charge in [0.15, 0.2) is 11.5 Å². The first-order valence-corrected chi connectivity index (χ1v) is 8.39. The van der Waals surface area contributed by atoms with Gasteiger partial charge >= 0.3 is 0 Å². The predicted molar refractivity (Wildman–Crippen MR) is 100.0 cm³/mol. The van der Waals surface area contributed by atoms with Crippen molar-refractivity contribution in [2.45, 2.75) is 6.42 Å². The zero-order valence-corrected chi connectivity index (χ0v) is 14.4. The number of nitrogens with one attached hydrogen (secondary N) is 3. The Morgan fingerprint density at radius 3 is 3.00 bits per heavy atom. The molecule has 3 aromatic heterocycles. The Hall–Kier alpha value is -3.42. The van der Waals surface area contributed by atoms with Crippen LogP contribution >= 0.6 is 0 Å². The van der Waals surface area contributed by atoms with Crippen LogP contribution in [0.3, 0.4) is 0 Å². The van der Waals surface area contributed by atoms with Gasteiger partial charge in [-0.15, -0.1) is 0 Å². The fourth-order valence-corrected chi connectivity index (χ4v) is 3.06. The Bertz CT molecular complexity index is 1050. The smallest absolute Gasteiger partial charge is 0.239 e. The summed E-state index contributed by atoms with van der Waals surface area (Å²) in [5, 5.41) is 4.16. The summed E-state index contributed by atoms with van der Waals surface area (Å²) in [6, 6.07) is 8.15. The van der Waals surface area contributed by atoms with Gasteiger partial charge in [-0.25, -0.2) is 15.0 Å². The number of rotatable bonds is 6. The van der Waals surface area contributed by atoms with Crippen molar-refractivity contribution in [2.24, 2.45) is 0 Å². The molecule has 0 radical (unpaired) electrons. The molecule has 0 unspecified atom stereocenters. The van der Waals surface area contributed by atoms with Gasteiger partial charge in [0, 0.05) is 30.7 Å². The monoisotopic (exact) mass is 349 g/mol. The lowest BCUT2D eigenvalue weighted by molar-refractivity contribution is -0.119. The Labute approximate surface area is 149 Å². The van der Waals surface area contributed by atoms with Crippen LogP contribution in [-0.4, -0.2) is 51.0 Å². The number of aromatic amines is 2. The fraction of sp³-hybridized carbons (Fsp3) is 0.222. The molecule has 26 heavy (non-hydrogen) atoms. The second-order valence-corrected chi connectivity index (χ2v) is 6.11. The van der Waals surface area contributed by atoms with Crippen molar-refractivity contribution in [3.05, 3.63) is 48.7 Å². The van der Waals surface area contributed by atoms with Crippen LogP contribution in [0.15, 0.2) is 43.1 Å². The van der Waals surface area contributed by atoms with Gasteiger partial charge in [-0.2, -0.15) is 0 Å². The first kappa shape index (κ1) is 16.1. The minimum Gasteiger partial charge on any atom is -0.361 e. The largest absolute Gasteiger partial charge is 0.361 e. The number of anilines is 1. The quantitative estimate of drug-likeness (QED) is 0.491. The summed E-state index contributed by atoms with van der Waals surface area (Å²) in [7, 11) is 1.82. The molecule has 0 aliphatic carbocycles. The van der Waals surface area contributed by atoms with Gasteiger partial charge in [0.1, 0.15) is 11.8 Å². The summed E-state index contributed by atoms with van der Waals surface area (Å²) in [6.45, 7) is 0.788. The van der Waals surface area contributed by atoms with Gasteiger partial charge in [0.25, 0.3) is 0 Å². The van der Waals surface area contributed by atoms with Crippen molar-refractivity contribution in [3.8, 4) is 0 Å². The van der Waals surface area contributed by atoms with Crippen LogP contribution in [-0.2, 0) is 11.2 Å². The van der Waals surface area contributed by atoms with Crippen molar-refractivity contribution < 1.29 is 4.79 Å². The summed E-state index contributed by atoms with van der Waals surface area (Å²) >= 11 is 0. The summed E-state index contributed by atoms with van der Waals surface area (Å²) in [6.07, 6.45) is 5.79. The van der Waals surface area contributed by atoms with Crippen molar-refractivity contribution in [1.29, 1.82) is 0 Å². The van der Waals surface area contributed by atoms with Crippen LogP contribution in [0.1, 0.15) is 5.56 Å². The first-order chi connectivity index (χ1) is 12.7. The molecule has 0 spiro atoms. The third-order valence-corrected chi connectivity index (χ3v) is 4.34. The number of nitrogens with zero attached hydrogens (tertiary/aromatic N) is 4. The van der Waals surface area contributed by atoms with Crippen LogP contribution in [0.4, 0.5) is 5.82 Å². The molecule has 1 amide bonds. The Balaban J connectivity index is 1.34. The Morgan fingerprint density at radius 1 is 1.19 bits per heavy atom. The highest BCUT2D eigenvalue weighted by molar-refractivity contribution is 5.87. The first-order valence-electron chi connectivity index (χ1n) is 8.39. The molecular formula is C18H19N7O. The molecule has 4 rings (SSSR count). The van der Waals surface area contributed by atoms with Crippen LogP contribution in [0.25, 0.3) is 22.1 Å². The standard InChI is InChI=1S/C18H19N7O/c1-25(18-16-17(22-10-21-16)23-11-24-18)9-15(26)19-7-6-12-8-20-14-5-3-2-4-13(12)14/h2-5,8,10-11,20H,6-7,9H2,1H3,(H,19,26)(H,21,22,23,24). The highest BCUT2D eigenvalue weighted by Gasteiger charge is 2.13. The third kappa shape index (κ3) is 3.08. The molecule has 8 nitrogen and oxygen atoms in total. The van der Waals surface area contributed by atoms with E-state index in [0.717, 1.165) is 17.5 Å². The van der Waals surface area contributed by atoms with E-state index in [9.17, 15) is 4.79 Å². The number of carbonyl (C=O) groups excluding carboxylic acids is 1. The van der Waals surface area contributed by atoms with Gasteiger partial charge in [0.05, 0.1) is 12.9 Å². The summed E-state index contributed by atoms with van der Waals surface area (Å²) in [5.74, 6) is 0.595. The van der Waals surface area contributed by atoms with Gasteiger partial charge in [-0.3, -0.25) is 4.79 Å². The Morgan fingerprint density at radius 2 is 2.08 bits per heavy atom. The molecule has 132 valence electrons.